The summed E-state index contributed by atoms with van der Waals surface area (Å²) >= 11 is 6.38. The number of rotatable bonds is 6. The van der Waals surface area contributed by atoms with Crippen LogP contribution < -0.4 is 0 Å². The van der Waals surface area contributed by atoms with Crippen molar-refractivity contribution < 1.29 is 9.53 Å². The van der Waals surface area contributed by atoms with E-state index in [0.717, 1.165) is 36.8 Å². The van der Waals surface area contributed by atoms with Crippen LogP contribution in [-0.4, -0.2) is 41.7 Å². The summed E-state index contributed by atoms with van der Waals surface area (Å²) in [5.74, 6) is 0.144. The third-order valence-electron chi connectivity index (χ3n) is 5.22. The van der Waals surface area contributed by atoms with E-state index >= 15 is 0 Å². The molecule has 0 unspecified atom stereocenters. The molecule has 0 aliphatic carbocycles. The van der Waals surface area contributed by atoms with E-state index in [9.17, 15) is 4.79 Å². The van der Waals surface area contributed by atoms with E-state index in [1.54, 1.807) is 0 Å². The van der Waals surface area contributed by atoms with Crippen LogP contribution in [0.5, 0.6) is 0 Å². The van der Waals surface area contributed by atoms with Crippen LogP contribution in [0.3, 0.4) is 0 Å². The minimum atomic E-state index is -0.310. The van der Waals surface area contributed by atoms with Gasteiger partial charge in [-0.05, 0) is 50.9 Å². The summed E-state index contributed by atoms with van der Waals surface area (Å²) < 4.78 is 7.46. The number of para-hydroxylation sites is 1. The summed E-state index contributed by atoms with van der Waals surface area (Å²) in [5.41, 5.74) is 1.43. The first kappa shape index (κ1) is 18.3. The molecular formula is C20H27ClN2O2. The van der Waals surface area contributed by atoms with Gasteiger partial charge in [-0.15, -0.1) is 0 Å². The molecule has 3 rings (SSSR count). The van der Waals surface area contributed by atoms with E-state index in [1.165, 1.54) is 19.4 Å². The Morgan fingerprint density at radius 3 is 2.72 bits per heavy atom. The smallest absolute Gasteiger partial charge is 0.341 e. The number of aryl methyl sites for hydroxylation is 1. The van der Waals surface area contributed by atoms with Crippen molar-refractivity contribution in [1.29, 1.82) is 0 Å². The fourth-order valence-corrected chi connectivity index (χ4v) is 3.85. The lowest BCUT2D eigenvalue weighted by Gasteiger charge is -2.31. The summed E-state index contributed by atoms with van der Waals surface area (Å²) in [6, 6.07) is 7.75. The van der Waals surface area contributed by atoms with Crippen LogP contribution in [-0.2, 0) is 11.8 Å². The minimum absolute atomic E-state index is 0.310. The molecule has 2 aromatic rings. The van der Waals surface area contributed by atoms with Crippen molar-refractivity contribution in [2.24, 2.45) is 13.0 Å². The van der Waals surface area contributed by atoms with E-state index < -0.39 is 0 Å². The molecule has 0 bridgehead atoms. The van der Waals surface area contributed by atoms with Crippen molar-refractivity contribution >= 4 is 28.5 Å². The van der Waals surface area contributed by atoms with Crippen LogP contribution in [0.25, 0.3) is 10.9 Å². The zero-order valence-electron chi connectivity index (χ0n) is 15.1. The number of carbonyl (C=O) groups excluding carboxylic acids is 1. The number of esters is 1. The van der Waals surface area contributed by atoms with Gasteiger partial charge in [0.25, 0.3) is 0 Å². The highest BCUT2D eigenvalue weighted by molar-refractivity contribution is 6.35. The van der Waals surface area contributed by atoms with Crippen molar-refractivity contribution in [3.8, 4) is 0 Å². The Morgan fingerprint density at radius 2 is 2.00 bits per heavy atom. The van der Waals surface area contributed by atoms with Crippen molar-refractivity contribution in [2.45, 2.75) is 32.6 Å². The molecule has 0 amide bonds. The second-order valence-corrected chi connectivity index (χ2v) is 7.34. The largest absolute Gasteiger partial charge is 0.462 e. The molecular weight excluding hydrogens is 336 g/mol. The van der Waals surface area contributed by atoms with Crippen LogP contribution in [0.4, 0.5) is 0 Å². The Morgan fingerprint density at radius 1 is 1.28 bits per heavy atom. The number of fused-ring (bicyclic) bond motifs is 1. The number of hydrogen-bond acceptors (Lipinski definition) is 3. The molecule has 0 N–H and O–H groups in total. The molecule has 2 heterocycles. The van der Waals surface area contributed by atoms with Crippen LogP contribution in [0.2, 0.25) is 5.15 Å². The molecule has 0 radical (unpaired) electrons. The molecule has 1 saturated heterocycles. The second-order valence-electron chi connectivity index (χ2n) is 6.98. The standard InChI is InChI=1S/C20H27ClN2O2/c1-3-4-11-23-12-9-15(10-13-23)14-25-20(24)18-16-7-5-6-8-17(16)22(2)19(18)21/h5-8,15H,3-4,9-14H2,1-2H3. The van der Waals surface area contributed by atoms with Gasteiger partial charge in [0.15, 0.2) is 0 Å². The highest BCUT2D eigenvalue weighted by Crippen LogP contribution is 2.30. The number of piperidine rings is 1. The van der Waals surface area contributed by atoms with Crippen molar-refractivity contribution in [3.05, 3.63) is 35.0 Å². The number of unbranched alkanes of at least 4 members (excludes halogenated alkanes) is 1. The van der Waals surface area contributed by atoms with Crippen molar-refractivity contribution in [1.82, 2.24) is 9.47 Å². The Balaban J connectivity index is 1.58. The predicted octanol–water partition coefficient (Wildman–Crippen LogP) is 4.50. The maximum absolute atomic E-state index is 12.6. The molecule has 1 aliphatic rings. The number of halogens is 1. The average molecular weight is 363 g/mol. The molecule has 0 atom stereocenters. The van der Waals surface area contributed by atoms with Gasteiger partial charge in [0, 0.05) is 18.0 Å². The summed E-state index contributed by atoms with van der Waals surface area (Å²) in [6.45, 7) is 6.12. The van der Waals surface area contributed by atoms with Gasteiger partial charge in [0.05, 0.1) is 6.61 Å². The monoisotopic (exact) mass is 362 g/mol. The fraction of sp³-hybridized carbons (Fsp3) is 0.550. The van der Waals surface area contributed by atoms with Gasteiger partial charge in [-0.25, -0.2) is 4.79 Å². The number of hydrogen-bond donors (Lipinski definition) is 0. The number of ether oxygens (including phenoxy) is 1. The quantitative estimate of drug-likeness (QED) is 0.709. The number of nitrogens with zero attached hydrogens (tertiary/aromatic N) is 2. The number of aromatic nitrogens is 1. The first-order valence-electron chi connectivity index (χ1n) is 9.24. The van der Waals surface area contributed by atoms with E-state index in [-0.39, 0.29) is 5.97 Å². The topological polar surface area (TPSA) is 34.5 Å². The summed E-state index contributed by atoms with van der Waals surface area (Å²) in [5, 5.41) is 1.30. The molecule has 136 valence electrons. The van der Waals surface area contributed by atoms with E-state index in [1.807, 2.05) is 35.9 Å². The number of benzene rings is 1. The van der Waals surface area contributed by atoms with Crippen LogP contribution >= 0.6 is 11.6 Å². The van der Waals surface area contributed by atoms with E-state index in [0.29, 0.717) is 23.2 Å². The van der Waals surface area contributed by atoms with Crippen molar-refractivity contribution in [2.75, 3.05) is 26.2 Å². The molecule has 0 spiro atoms. The maximum atomic E-state index is 12.6. The normalized spacial score (nSPS) is 16.4. The molecule has 1 aromatic carbocycles. The third-order valence-corrected chi connectivity index (χ3v) is 5.67. The molecule has 0 saturated carbocycles. The number of likely N-dealkylation sites (tertiary alicyclic amines) is 1. The van der Waals surface area contributed by atoms with Gasteiger partial charge in [-0.1, -0.05) is 43.1 Å². The summed E-state index contributed by atoms with van der Waals surface area (Å²) in [6.07, 6.45) is 4.70. The second kappa shape index (κ2) is 8.24. The van der Waals surface area contributed by atoms with Gasteiger partial charge < -0.3 is 14.2 Å². The minimum Gasteiger partial charge on any atom is -0.462 e. The lowest BCUT2D eigenvalue weighted by molar-refractivity contribution is 0.0374. The molecule has 1 aromatic heterocycles. The fourth-order valence-electron chi connectivity index (χ4n) is 3.58. The Hall–Kier alpha value is -1.52. The Bertz CT molecular complexity index is 733. The van der Waals surface area contributed by atoms with Crippen molar-refractivity contribution in [3.63, 3.8) is 0 Å². The third kappa shape index (κ3) is 4.01. The Kier molecular flexibility index (Phi) is 6.02. The van der Waals surface area contributed by atoms with E-state index in [2.05, 4.69) is 11.8 Å². The van der Waals surface area contributed by atoms with Crippen LogP contribution in [0, 0.1) is 5.92 Å². The van der Waals surface area contributed by atoms with Crippen LogP contribution in [0.1, 0.15) is 43.0 Å². The first-order valence-corrected chi connectivity index (χ1v) is 9.62. The lowest BCUT2D eigenvalue weighted by atomic mass is 9.97. The molecule has 4 nitrogen and oxygen atoms in total. The zero-order valence-corrected chi connectivity index (χ0v) is 15.9. The number of carbonyl (C=O) groups is 1. The van der Waals surface area contributed by atoms with E-state index in [4.69, 9.17) is 16.3 Å². The lowest BCUT2D eigenvalue weighted by Crippen LogP contribution is -2.36. The van der Waals surface area contributed by atoms with Gasteiger partial charge in [-0.3, -0.25) is 0 Å². The average Bonchev–Trinajstić information content (AvgIpc) is 2.90. The molecule has 25 heavy (non-hydrogen) atoms. The molecule has 5 heteroatoms. The van der Waals surface area contributed by atoms with Gasteiger partial charge >= 0.3 is 5.97 Å². The SMILES string of the molecule is CCCCN1CCC(COC(=O)c2c(Cl)n(C)c3ccccc23)CC1. The van der Waals surface area contributed by atoms with Gasteiger partial charge in [0.1, 0.15) is 10.7 Å². The summed E-state index contributed by atoms with van der Waals surface area (Å²) in [7, 11) is 1.87. The first-order chi connectivity index (χ1) is 12.1. The molecule has 1 aliphatic heterocycles. The highest BCUT2D eigenvalue weighted by Gasteiger charge is 2.24. The predicted molar refractivity (Wildman–Crippen MR) is 102 cm³/mol. The van der Waals surface area contributed by atoms with Crippen LogP contribution in [0.15, 0.2) is 24.3 Å². The Labute approximate surface area is 154 Å². The molecule has 1 fully saturated rings. The highest BCUT2D eigenvalue weighted by atomic mass is 35.5. The maximum Gasteiger partial charge on any atom is 0.341 e. The van der Waals surface area contributed by atoms with Gasteiger partial charge in [-0.2, -0.15) is 0 Å². The zero-order chi connectivity index (χ0) is 17.8. The summed E-state index contributed by atoms with van der Waals surface area (Å²) in [4.78, 5) is 15.1. The van der Waals surface area contributed by atoms with Gasteiger partial charge in [0.2, 0.25) is 0 Å².